The summed E-state index contributed by atoms with van der Waals surface area (Å²) in [6.07, 6.45) is 4.82. The molecule has 1 saturated heterocycles. The molecule has 2 amide bonds. The zero-order valence-corrected chi connectivity index (χ0v) is 26.2. The van der Waals surface area contributed by atoms with Crippen molar-refractivity contribution >= 4 is 17.8 Å². The maximum atomic E-state index is 14.2. The Hall–Kier alpha value is -3.07. The summed E-state index contributed by atoms with van der Waals surface area (Å²) < 4.78 is 23.0. The number of likely N-dealkylation sites (tertiary alicyclic amines) is 1. The first-order valence-corrected chi connectivity index (χ1v) is 15.3. The first kappa shape index (κ1) is 31.9. The van der Waals surface area contributed by atoms with Crippen molar-refractivity contribution in [2.24, 2.45) is 29.1 Å². The molecule has 2 aliphatic heterocycles. The molecule has 4 atom stereocenters. The molecule has 9 nitrogen and oxygen atoms in total. The second kappa shape index (κ2) is 13.5. The minimum absolute atomic E-state index is 0.0147. The Morgan fingerprint density at radius 2 is 1.81 bits per heavy atom. The van der Waals surface area contributed by atoms with Gasteiger partial charge in [0.25, 0.3) is 0 Å². The summed E-state index contributed by atoms with van der Waals surface area (Å²) in [5, 5.41) is 2.98. The van der Waals surface area contributed by atoms with Gasteiger partial charge in [-0.1, -0.05) is 33.8 Å². The summed E-state index contributed by atoms with van der Waals surface area (Å²) in [6, 6.07) is 5.70. The van der Waals surface area contributed by atoms with Gasteiger partial charge >= 0.3 is 5.97 Å². The minimum atomic E-state index is -1.16. The average Bonchev–Trinajstić information content (AvgIpc) is 3.81. The number of esters is 1. The number of hydrogen-bond acceptors (Lipinski definition) is 7. The number of amides is 2. The lowest BCUT2D eigenvalue weighted by Gasteiger charge is -2.53. The number of nitrogens with one attached hydrogen (secondary N) is 1. The van der Waals surface area contributed by atoms with Gasteiger partial charge in [-0.3, -0.25) is 14.4 Å². The average molecular weight is 585 g/mol. The van der Waals surface area contributed by atoms with E-state index in [0.29, 0.717) is 42.6 Å². The van der Waals surface area contributed by atoms with Crippen LogP contribution in [0.15, 0.2) is 30.0 Å². The lowest BCUT2D eigenvalue weighted by molar-refractivity contribution is -0.182. The second-order valence-corrected chi connectivity index (χ2v) is 12.7. The van der Waals surface area contributed by atoms with E-state index < -0.39 is 23.4 Å². The SMILES string of the molecule is COC(=O)[C@]12C[C@H](CC(=O)NCCC(C)C)C(=O)N(CCc3ccc(OC)c(OC)c3)C1=C[C@H](C(C)C)O[C@@H]2C1CC1. The lowest BCUT2D eigenvalue weighted by atomic mass is 9.64. The van der Waals surface area contributed by atoms with Gasteiger partial charge in [-0.25, -0.2) is 0 Å². The number of carbonyl (C=O) groups is 3. The molecule has 0 unspecified atom stereocenters. The molecule has 9 heteroatoms. The van der Waals surface area contributed by atoms with Gasteiger partial charge in [0.15, 0.2) is 11.5 Å². The fourth-order valence-electron chi connectivity index (χ4n) is 6.35. The number of nitrogens with zero attached hydrogens (tertiary/aromatic N) is 1. The van der Waals surface area contributed by atoms with Crippen LogP contribution in [0.4, 0.5) is 0 Å². The molecule has 1 aromatic carbocycles. The normalized spacial score (nSPS) is 25.6. The molecular formula is C33H48N2O7. The Labute approximate surface area is 250 Å². The van der Waals surface area contributed by atoms with E-state index in [1.54, 1.807) is 19.1 Å². The quantitative estimate of drug-likeness (QED) is 0.340. The van der Waals surface area contributed by atoms with E-state index >= 15 is 0 Å². The molecule has 2 heterocycles. The summed E-state index contributed by atoms with van der Waals surface area (Å²) in [6.45, 7) is 9.27. The molecule has 1 aromatic rings. The van der Waals surface area contributed by atoms with E-state index in [-0.39, 0.29) is 42.6 Å². The van der Waals surface area contributed by atoms with E-state index in [9.17, 15) is 14.4 Å². The maximum absolute atomic E-state index is 14.2. The van der Waals surface area contributed by atoms with Crippen molar-refractivity contribution in [3.8, 4) is 11.5 Å². The smallest absolute Gasteiger partial charge is 0.320 e. The zero-order chi connectivity index (χ0) is 30.6. The summed E-state index contributed by atoms with van der Waals surface area (Å²) in [5.74, 6) is 0.656. The topological polar surface area (TPSA) is 103 Å². The largest absolute Gasteiger partial charge is 0.493 e. The van der Waals surface area contributed by atoms with Crippen molar-refractivity contribution in [3.63, 3.8) is 0 Å². The molecule has 1 N–H and O–H groups in total. The zero-order valence-electron chi connectivity index (χ0n) is 26.2. The van der Waals surface area contributed by atoms with Crippen molar-refractivity contribution in [1.29, 1.82) is 0 Å². The Morgan fingerprint density at radius 3 is 2.40 bits per heavy atom. The molecule has 42 heavy (non-hydrogen) atoms. The predicted molar refractivity (Wildman–Crippen MR) is 159 cm³/mol. The number of ether oxygens (including phenoxy) is 4. The summed E-state index contributed by atoms with van der Waals surface area (Å²) in [5.41, 5.74) is 0.470. The van der Waals surface area contributed by atoms with Gasteiger partial charge < -0.3 is 29.2 Å². The predicted octanol–water partition coefficient (Wildman–Crippen LogP) is 4.52. The van der Waals surface area contributed by atoms with Crippen LogP contribution < -0.4 is 14.8 Å². The van der Waals surface area contributed by atoms with Crippen LogP contribution in [-0.2, 0) is 30.3 Å². The highest BCUT2D eigenvalue weighted by Gasteiger charge is 2.63. The Bertz CT molecular complexity index is 1170. The minimum Gasteiger partial charge on any atom is -0.493 e. The highest BCUT2D eigenvalue weighted by Crippen LogP contribution is 2.56. The molecule has 0 radical (unpaired) electrons. The molecule has 4 rings (SSSR count). The van der Waals surface area contributed by atoms with Gasteiger partial charge in [0.2, 0.25) is 11.8 Å². The number of piperidine rings is 1. The van der Waals surface area contributed by atoms with Crippen molar-refractivity contribution in [2.75, 3.05) is 34.4 Å². The highest BCUT2D eigenvalue weighted by atomic mass is 16.5. The van der Waals surface area contributed by atoms with E-state index in [1.165, 1.54) is 7.11 Å². The third-order valence-electron chi connectivity index (χ3n) is 8.85. The number of rotatable bonds is 13. The van der Waals surface area contributed by atoms with Crippen molar-refractivity contribution < 1.29 is 33.3 Å². The summed E-state index contributed by atoms with van der Waals surface area (Å²) >= 11 is 0. The molecule has 232 valence electrons. The molecular weight excluding hydrogens is 536 g/mol. The van der Waals surface area contributed by atoms with Crippen LogP contribution >= 0.6 is 0 Å². The number of fused-ring (bicyclic) bond motifs is 1. The first-order valence-electron chi connectivity index (χ1n) is 15.3. The van der Waals surface area contributed by atoms with Gasteiger partial charge in [-0.15, -0.1) is 0 Å². The van der Waals surface area contributed by atoms with Crippen LogP contribution in [0.1, 0.15) is 65.4 Å². The highest BCUT2D eigenvalue weighted by molar-refractivity contribution is 5.92. The maximum Gasteiger partial charge on any atom is 0.320 e. The number of carbonyl (C=O) groups excluding carboxylic acids is 3. The lowest BCUT2D eigenvalue weighted by Crippen LogP contribution is -2.62. The number of benzene rings is 1. The van der Waals surface area contributed by atoms with E-state index in [1.807, 2.05) is 24.3 Å². The molecule has 2 fully saturated rings. The molecule has 0 aromatic heterocycles. The van der Waals surface area contributed by atoms with Gasteiger partial charge in [0.05, 0.1) is 33.5 Å². The van der Waals surface area contributed by atoms with Crippen molar-refractivity contribution in [3.05, 3.63) is 35.5 Å². The van der Waals surface area contributed by atoms with E-state index in [2.05, 4.69) is 33.0 Å². The Kier molecular flexibility index (Phi) is 10.2. The van der Waals surface area contributed by atoms with Gasteiger partial charge in [0.1, 0.15) is 5.41 Å². The second-order valence-electron chi connectivity index (χ2n) is 12.7. The van der Waals surface area contributed by atoms with Crippen LogP contribution in [0, 0.1) is 29.1 Å². The van der Waals surface area contributed by atoms with Crippen LogP contribution in [0.5, 0.6) is 11.5 Å². The van der Waals surface area contributed by atoms with Crippen LogP contribution in [-0.4, -0.2) is 69.3 Å². The monoisotopic (exact) mass is 584 g/mol. The molecule has 3 aliphatic rings. The van der Waals surface area contributed by atoms with Crippen LogP contribution in [0.3, 0.4) is 0 Å². The molecule has 1 aliphatic carbocycles. The van der Waals surface area contributed by atoms with E-state index in [0.717, 1.165) is 24.8 Å². The third-order valence-corrected chi connectivity index (χ3v) is 8.85. The number of methoxy groups -OCH3 is 3. The van der Waals surface area contributed by atoms with Gasteiger partial charge in [-0.05, 0) is 73.6 Å². The third kappa shape index (κ3) is 6.61. The molecule has 0 spiro atoms. The Balaban J connectivity index is 1.72. The standard InChI is InChI=1S/C33H48N2O7/c1-20(2)12-14-34-29(36)17-24-19-33(32(38)41-7)28(18-26(21(3)4)42-30(33)23-9-10-23)35(31(24)37)15-13-22-8-11-25(39-5)27(16-22)40-6/h8,11,16,18,20-21,23-24,26,30H,9-10,12-15,17,19H2,1-7H3,(H,34,36)/t24-,26+,30+,33+/m0/s1. The van der Waals surface area contributed by atoms with Crippen molar-refractivity contribution in [2.45, 2.75) is 78.4 Å². The van der Waals surface area contributed by atoms with Gasteiger partial charge in [-0.2, -0.15) is 0 Å². The molecule has 0 bridgehead atoms. The van der Waals surface area contributed by atoms with Crippen molar-refractivity contribution in [1.82, 2.24) is 10.2 Å². The van der Waals surface area contributed by atoms with Gasteiger partial charge in [0, 0.05) is 31.1 Å². The Morgan fingerprint density at radius 1 is 1.10 bits per heavy atom. The molecule has 1 saturated carbocycles. The van der Waals surface area contributed by atoms with E-state index in [4.69, 9.17) is 18.9 Å². The van der Waals surface area contributed by atoms with Crippen LogP contribution in [0.25, 0.3) is 0 Å². The number of hydrogen-bond donors (Lipinski definition) is 1. The van der Waals surface area contributed by atoms with Crippen LogP contribution in [0.2, 0.25) is 0 Å². The fourth-order valence-corrected chi connectivity index (χ4v) is 6.35. The fraction of sp³-hybridized carbons (Fsp3) is 0.667. The summed E-state index contributed by atoms with van der Waals surface area (Å²) in [4.78, 5) is 42.9. The summed E-state index contributed by atoms with van der Waals surface area (Å²) in [7, 11) is 4.58. The first-order chi connectivity index (χ1) is 20.0.